The Labute approximate surface area is 201 Å². The number of aliphatic carboxylic acids is 1. The van der Waals surface area contributed by atoms with Crippen LogP contribution in [0.5, 0.6) is 0 Å². The van der Waals surface area contributed by atoms with Crippen LogP contribution in [0, 0.1) is 11.8 Å². The molecule has 9 nitrogen and oxygen atoms in total. The van der Waals surface area contributed by atoms with Crippen LogP contribution in [-0.2, 0) is 19.4 Å². The van der Waals surface area contributed by atoms with Gasteiger partial charge in [0, 0.05) is 29.0 Å². The van der Waals surface area contributed by atoms with E-state index in [2.05, 4.69) is 10.5 Å². The lowest BCUT2D eigenvalue weighted by atomic mass is 10.0. The van der Waals surface area contributed by atoms with Crippen molar-refractivity contribution in [2.45, 2.75) is 10.8 Å². The van der Waals surface area contributed by atoms with E-state index in [1.54, 1.807) is 66.7 Å². The van der Waals surface area contributed by atoms with Crippen molar-refractivity contribution in [2.75, 3.05) is 11.6 Å². The molecule has 180 valence electrons. The van der Waals surface area contributed by atoms with Crippen LogP contribution in [0.4, 0.5) is 5.69 Å². The number of benzene rings is 3. The maximum atomic E-state index is 12.9. The molecule has 35 heavy (non-hydrogen) atoms. The van der Waals surface area contributed by atoms with Gasteiger partial charge in [0.2, 0.25) is 5.91 Å². The molecule has 1 fully saturated rings. The van der Waals surface area contributed by atoms with Crippen LogP contribution in [-0.4, -0.2) is 42.7 Å². The summed E-state index contributed by atoms with van der Waals surface area (Å²) in [5, 5.41) is 24.2. The highest BCUT2D eigenvalue weighted by Crippen LogP contribution is 2.54. The van der Waals surface area contributed by atoms with Gasteiger partial charge in [-0.05, 0) is 35.4 Å². The molecular weight excluding hydrogens is 470 g/mol. The molecule has 1 saturated carbocycles. The summed E-state index contributed by atoms with van der Waals surface area (Å²) in [7, 11) is -3.43. The summed E-state index contributed by atoms with van der Waals surface area (Å²) in [5.74, 6) is -3.89. The van der Waals surface area contributed by atoms with Crippen LogP contribution in [0.25, 0.3) is 11.1 Å². The third kappa shape index (κ3) is 4.87. The van der Waals surface area contributed by atoms with Gasteiger partial charge in [-0.25, -0.2) is 8.42 Å². The van der Waals surface area contributed by atoms with Gasteiger partial charge in [-0.15, -0.1) is 0 Å². The second kappa shape index (κ2) is 9.22. The summed E-state index contributed by atoms with van der Waals surface area (Å²) >= 11 is 0. The van der Waals surface area contributed by atoms with Crippen molar-refractivity contribution in [1.82, 2.24) is 0 Å². The number of hydrogen-bond acceptors (Lipinski definition) is 6. The molecule has 1 aliphatic rings. The first-order chi connectivity index (χ1) is 16.6. The number of oxime groups is 1. The number of carboxylic acid groups (broad SMARTS) is 1. The summed E-state index contributed by atoms with van der Waals surface area (Å²) in [6.45, 7) is 0. The van der Waals surface area contributed by atoms with Crippen molar-refractivity contribution >= 4 is 33.2 Å². The van der Waals surface area contributed by atoms with E-state index in [9.17, 15) is 23.1 Å². The lowest BCUT2D eigenvalue weighted by Crippen LogP contribution is -2.17. The normalized spacial score (nSPS) is 19.7. The molecule has 1 aliphatic carbocycles. The van der Waals surface area contributed by atoms with Crippen molar-refractivity contribution < 1.29 is 28.3 Å². The van der Waals surface area contributed by atoms with Gasteiger partial charge >= 0.3 is 5.97 Å². The lowest BCUT2D eigenvalue weighted by Gasteiger charge is -2.10. The predicted octanol–water partition coefficient (Wildman–Crippen LogP) is 2.90. The maximum absolute atomic E-state index is 12.9. The second-order valence-corrected chi connectivity index (χ2v) is 10.3. The number of nitrogens with zero attached hydrogens (tertiary/aromatic N) is 1. The molecule has 0 heterocycles. The Bertz CT molecular complexity index is 1430. The molecule has 4 rings (SSSR count). The molecule has 3 aromatic carbocycles. The van der Waals surface area contributed by atoms with Gasteiger partial charge in [-0.2, -0.15) is 0 Å². The number of hydrogen-bond donors (Lipinski definition) is 4. The number of carbonyl (C=O) groups is 2. The van der Waals surface area contributed by atoms with Gasteiger partial charge in [-0.1, -0.05) is 53.7 Å². The van der Waals surface area contributed by atoms with E-state index in [0.29, 0.717) is 27.9 Å². The maximum Gasteiger partial charge on any atom is 0.307 e. The van der Waals surface area contributed by atoms with Gasteiger partial charge in [0.15, 0.2) is 15.7 Å². The number of amidine groups is 1. The van der Waals surface area contributed by atoms with Gasteiger partial charge < -0.3 is 21.4 Å². The van der Waals surface area contributed by atoms with Crippen molar-refractivity contribution in [3.63, 3.8) is 0 Å². The third-order valence-electron chi connectivity index (χ3n) is 6.03. The van der Waals surface area contributed by atoms with Crippen LogP contribution in [0.15, 0.2) is 82.8 Å². The summed E-state index contributed by atoms with van der Waals surface area (Å²) < 4.78 is 24.2. The molecule has 0 aromatic heterocycles. The minimum atomic E-state index is -3.43. The van der Waals surface area contributed by atoms with E-state index in [4.69, 9.17) is 10.9 Å². The number of rotatable bonds is 7. The SMILES string of the molecule is CS(=O)(=O)c1ccccc1-c1ccc(NC(=O)C2C(C(=O)O)C2c2cccc(/C(N)=N/O)c2)cc1. The third-order valence-corrected chi connectivity index (χ3v) is 7.19. The van der Waals surface area contributed by atoms with Crippen LogP contribution in [0.3, 0.4) is 0 Å². The Hall–Kier alpha value is -4.18. The first kappa shape index (κ1) is 24.0. The van der Waals surface area contributed by atoms with E-state index < -0.39 is 39.5 Å². The van der Waals surface area contributed by atoms with Crippen molar-refractivity contribution in [2.24, 2.45) is 22.7 Å². The number of carbonyl (C=O) groups excluding carboxylic acids is 1. The van der Waals surface area contributed by atoms with Crippen LogP contribution < -0.4 is 11.1 Å². The summed E-state index contributed by atoms with van der Waals surface area (Å²) in [4.78, 5) is 24.9. The fourth-order valence-corrected chi connectivity index (χ4v) is 5.22. The Morgan fingerprint density at radius 2 is 1.66 bits per heavy atom. The molecule has 0 aliphatic heterocycles. The highest BCUT2D eigenvalue weighted by Gasteiger charge is 2.60. The fraction of sp³-hybridized carbons (Fsp3) is 0.160. The quantitative estimate of drug-likeness (QED) is 0.170. The molecule has 3 aromatic rings. The van der Waals surface area contributed by atoms with Crippen LogP contribution in [0.1, 0.15) is 17.0 Å². The average molecular weight is 494 g/mol. The highest BCUT2D eigenvalue weighted by molar-refractivity contribution is 7.90. The van der Waals surface area contributed by atoms with E-state index in [1.807, 2.05) is 0 Å². The molecule has 0 radical (unpaired) electrons. The van der Waals surface area contributed by atoms with Crippen molar-refractivity contribution in [3.05, 3.63) is 83.9 Å². The molecule has 0 spiro atoms. The Morgan fingerprint density at radius 1 is 0.971 bits per heavy atom. The van der Waals surface area contributed by atoms with Gasteiger partial charge in [0.25, 0.3) is 0 Å². The minimum Gasteiger partial charge on any atom is -0.481 e. The van der Waals surface area contributed by atoms with Gasteiger partial charge in [0.1, 0.15) is 0 Å². The Morgan fingerprint density at radius 3 is 2.29 bits per heavy atom. The zero-order valence-electron chi connectivity index (χ0n) is 18.6. The molecular formula is C25H23N3O6S. The first-order valence-electron chi connectivity index (χ1n) is 10.6. The van der Waals surface area contributed by atoms with Crippen LogP contribution in [0.2, 0.25) is 0 Å². The Kier molecular flexibility index (Phi) is 6.31. The van der Waals surface area contributed by atoms with Crippen LogP contribution >= 0.6 is 0 Å². The zero-order chi connectivity index (χ0) is 25.3. The monoisotopic (exact) mass is 493 g/mol. The molecule has 3 atom stereocenters. The van der Waals surface area contributed by atoms with E-state index in [-0.39, 0.29) is 10.7 Å². The molecule has 1 amide bonds. The van der Waals surface area contributed by atoms with Gasteiger partial charge in [-0.3, -0.25) is 9.59 Å². The summed E-state index contributed by atoms with van der Waals surface area (Å²) in [5.41, 5.74) is 8.33. The highest BCUT2D eigenvalue weighted by atomic mass is 32.2. The smallest absolute Gasteiger partial charge is 0.307 e. The summed E-state index contributed by atoms with van der Waals surface area (Å²) in [6.07, 6.45) is 1.14. The molecule has 0 saturated heterocycles. The van der Waals surface area contributed by atoms with E-state index in [0.717, 1.165) is 6.26 Å². The number of carboxylic acids is 1. The molecule has 10 heteroatoms. The number of sulfone groups is 1. The molecule has 3 unspecified atom stereocenters. The van der Waals surface area contributed by atoms with E-state index >= 15 is 0 Å². The molecule has 0 bridgehead atoms. The average Bonchev–Trinajstić information content (AvgIpc) is 3.60. The topological polar surface area (TPSA) is 159 Å². The Balaban J connectivity index is 1.54. The number of nitrogens with two attached hydrogens (primary N) is 1. The number of amides is 1. The minimum absolute atomic E-state index is 0.113. The van der Waals surface area contributed by atoms with Crippen molar-refractivity contribution in [1.29, 1.82) is 0 Å². The summed E-state index contributed by atoms with van der Waals surface area (Å²) in [6, 6.07) is 19.9. The predicted molar refractivity (Wildman–Crippen MR) is 130 cm³/mol. The molecule has 5 N–H and O–H groups in total. The van der Waals surface area contributed by atoms with Crippen molar-refractivity contribution in [3.8, 4) is 11.1 Å². The fourth-order valence-electron chi connectivity index (χ4n) is 4.31. The number of anilines is 1. The van der Waals surface area contributed by atoms with Gasteiger partial charge in [0.05, 0.1) is 16.7 Å². The standard InChI is InChI=1S/C25H23N3O6S/c1-35(33,34)19-8-3-2-7-18(19)14-9-11-17(12-10-14)27-24(29)21-20(22(21)25(30)31)15-5-4-6-16(13-15)23(26)28-32/h2-13,20-22,32H,1H3,(H2,26,28)(H,27,29)(H,30,31). The first-order valence-corrected chi connectivity index (χ1v) is 12.5. The van der Waals surface area contributed by atoms with E-state index in [1.165, 1.54) is 6.07 Å². The largest absolute Gasteiger partial charge is 0.481 e. The second-order valence-electron chi connectivity index (χ2n) is 8.36. The lowest BCUT2D eigenvalue weighted by molar-refractivity contribution is -0.139. The zero-order valence-corrected chi connectivity index (χ0v) is 19.4. The number of nitrogens with one attached hydrogen (secondary N) is 1.